The van der Waals surface area contributed by atoms with Gasteiger partial charge in [0.15, 0.2) is 0 Å². The highest BCUT2D eigenvalue weighted by Crippen LogP contribution is 2.33. The van der Waals surface area contributed by atoms with Crippen molar-refractivity contribution in [2.45, 2.75) is 29.2 Å². The van der Waals surface area contributed by atoms with Crippen molar-refractivity contribution in [3.63, 3.8) is 0 Å². The summed E-state index contributed by atoms with van der Waals surface area (Å²) in [5, 5.41) is 25.0. The Morgan fingerprint density at radius 2 is 1.83 bits per heavy atom. The van der Waals surface area contributed by atoms with E-state index in [1.165, 1.54) is 11.8 Å². The van der Waals surface area contributed by atoms with Crippen molar-refractivity contribution >= 4 is 29.3 Å². The number of aliphatic hydroxyl groups is 1. The molecule has 5 aromatic rings. The average Bonchev–Trinajstić information content (AvgIpc) is 3.45. The van der Waals surface area contributed by atoms with Crippen LogP contribution in [0.4, 0.5) is 11.6 Å². The van der Waals surface area contributed by atoms with E-state index in [9.17, 15) is 15.2 Å². The Morgan fingerprint density at radius 3 is 2.66 bits per heavy atom. The first-order chi connectivity index (χ1) is 20.0. The maximum absolute atomic E-state index is 13.3. The van der Waals surface area contributed by atoms with E-state index in [2.05, 4.69) is 31.7 Å². The molecule has 2 heterocycles. The van der Waals surface area contributed by atoms with Gasteiger partial charge in [-0.1, -0.05) is 48.2 Å². The summed E-state index contributed by atoms with van der Waals surface area (Å²) in [4.78, 5) is 28.2. The highest BCUT2D eigenvalue weighted by atomic mass is 32.2. The molecule has 0 bridgehead atoms. The quantitative estimate of drug-likeness (QED) is 0.209. The summed E-state index contributed by atoms with van der Waals surface area (Å²) in [6.07, 6.45) is 5.19. The normalized spacial score (nSPS) is 11.4. The highest BCUT2D eigenvalue weighted by molar-refractivity contribution is 7.99. The molecule has 0 spiro atoms. The fraction of sp³-hybridized carbons (Fsp3) is 0.129. The minimum absolute atomic E-state index is 0.237. The van der Waals surface area contributed by atoms with Crippen molar-refractivity contribution in [3.05, 3.63) is 120 Å². The molecule has 3 N–H and O–H groups in total. The predicted octanol–water partition coefficient (Wildman–Crippen LogP) is 5.32. The fourth-order valence-electron chi connectivity index (χ4n) is 4.13. The smallest absolute Gasteiger partial charge is 0.256 e. The molecular formula is C31H27N7O2S. The van der Waals surface area contributed by atoms with Crippen LogP contribution < -0.4 is 10.6 Å². The minimum Gasteiger partial charge on any atom is -0.392 e. The molecule has 0 unspecified atom stereocenters. The molecule has 3 aromatic carbocycles. The largest absolute Gasteiger partial charge is 0.392 e. The second kappa shape index (κ2) is 12.9. The van der Waals surface area contributed by atoms with E-state index in [1.54, 1.807) is 37.5 Å². The van der Waals surface area contributed by atoms with Gasteiger partial charge in [-0.15, -0.1) is 0 Å². The lowest BCUT2D eigenvalue weighted by Gasteiger charge is -2.12. The number of nitrogens with zero attached hydrogens (tertiary/aromatic N) is 5. The number of carbonyl (C=O) groups is 1. The number of hydrogen-bond acceptors (Lipinski definition) is 8. The van der Waals surface area contributed by atoms with Crippen LogP contribution in [0.1, 0.15) is 34.2 Å². The van der Waals surface area contributed by atoms with Gasteiger partial charge in [-0.2, -0.15) is 10.2 Å². The van der Waals surface area contributed by atoms with Crippen LogP contribution >= 0.6 is 11.8 Å². The highest BCUT2D eigenvalue weighted by Gasteiger charge is 2.15. The molecule has 0 fully saturated rings. The van der Waals surface area contributed by atoms with Gasteiger partial charge in [0.2, 0.25) is 5.95 Å². The van der Waals surface area contributed by atoms with E-state index in [0.29, 0.717) is 41.5 Å². The van der Waals surface area contributed by atoms with Crippen molar-refractivity contribution in [3.8, 4) is 11.9 Å². The van der Waals surface area contributed by atoms with Gasteiger partial charge in [-0.3, -0.25) is 9.36 Å². The molecule has 0 aliphatic carbocycles. The van der Waals surface area contributed by atoms with Gasteiger partial charge in [-0.25, -0.2) is 9.97 Å². The fourth-order valence-corrected chi connectivity index (χ4v) is 5.16. The first kappa shape index (κ1) is 27.6. The number of aliphatic hydroxyl groups excluding tert-OH is 1. The van der Waals surface area contributed by atoms with Gasteiger partial charge in [-0.05, 0) is 55.0 Å². The first-order valence-electron chi connectivity index (χ1n) is 12.9. The molecule has 1 atom stereocenters. The molecule has 0 saturated carbocycles. The van der Waals surface area contributed by atoms with Gasteiger partial charge in [0.05, 0.1) is 17.2 Å². The van der Waals surface area contributed by atoms with Crippen LogP contribution in [0.3, 0.4) is 0 Å². The van der Waals surface area contributed by atoms with Crippen LogP contribution in [0.2, 0.25) is 0 Å². The third-order valence-electron chi connectivity index (χ3n) is 6.07. The lowest BCUT2D eigenvalue weighted by atomic mass is 10.1. The molecule has 0 aliphatic rings. The molecule has 5 rings (SSSR count). The molecule has 204 valence electrons. The van der Waals surface area contributed by atoms with Gasteiger partial charge >= 0.3 is 0 Å². The van der Waals surface area contributed by atoms with Gasteiger partial charge in [0.1, 0.15) is 17.7 Å². The number of carbonyl (C=O) groups excluding carboxylic acids is 1. The standard InChI is InChI=1S/C31H27N7O2S/c1-21(39)20-35-31-34-14-13-28(37-31)38-16-15-33-29(38)18-22-7-6-9-24(17-22)36-30(40)25-10-3-5-12-27(25)41-26-11-4-2-8-23(26)19-32/h2-17,21,39H,18,20H2,1H3,(H,36,40)(H,34,35,37)/t21-/m0/s1. The second-order valence-corrected chi connectivity index (χ2v) is 10.3. The number of benzene rings is 3. The Hall–Kier alpha value is -4.98. The molecule has 10 heteroatoms. The summed E-state index contributed by atoms with van der Waals surface area (Å²) in [5.74, 6) is 1.60. The monoisotopic (exact) mass is 561 g/mol. The number of nitrogens with one attached hydrogen (secondary N) is 2. The van der Waals surface area contributed by atoms with Crippen LogP contribution in [0.5, 0.6) is 0 Å². The lowest BCUT2D eigenvalue weighted by Crippen LogP contribution is -2.17. The summed E-state index contributed by atoms with van der Waals surface area (Å²) < 4.78 is 1.88. The van der Waals surface area contributed by atoms with E-state index >= 15 is 0 Å². The number of hydrogen-bond donors (Lipinski definition) is 3. The molecule has 41 heavy (non-hydrogen) atoms. The average molecular weight is 562 g/mol. The summed E-state index contributed by atoms with van der Waals surface area (Å²) >= 11 is 1.39. The number of rotatable bonds is 10. The van der Waals surface area contributed by atoms with Crippen molar-refractivity contribution in [1.29, 1.82) is 5.26 Å². The number of nitriles is 1. The van der Waals surface area contributed by atoms with Crippen molar-refractivity contribution in [2.24, 2.45) is 0 Å². The van der Waals surface area contributed by atoms with Gasteiger partial charge < -0.3 is 15.7 Å². The Bertz CT molecular complexity index is 1710. The van der Waals surface area contributed by atoms with Crippen LogP contribution in [0.15, 0.2) is 107 Å². The van der Waals surface area contributed by atoms with Gasteiger partial charge in [0, 0.05) is 47.0 Å². The van der Waals surface area contributed by atoms with E-state index in [0.717, 1.165) is 21.2 Å². The maximum atomic E-state index is 13.3. The van der Waals surface area contributed by atoms with Crippen molar-refractivity contribution in [1.82, 2.24) is 19.5 Å². The van der Waals surface area contributed by atoms with Crippen LogP contribution in [0.25, 0.3) is 5.82 Å². The number of imidazole rings is 1. The lowest BCUT2D eigenvalue weighted by molar-refractivity contribution is 0.102. The second-order valence-electron chi connectivity index (χ2n) is 9.22. The number of amides is 1. The number of aromatic nitrogens is 4. The Labute approximate surface area is 241 Å². The van der Waals surface area contributed by atoms with Crippen LogP contribution in [-0.4, -0.2) is 43.2 Å². The maximum Gasteiger partial charge on any atom is 0.256 e. The Morgan fingerprint density at radius 1 is 1.02 bits per heavy atom. The molecule has 0 radical (unpaired) electrons. The zero-order chi connectivity index (χ0) is 28.6. The van der Waals surface area contributed by atoms with Crippen LogP contribution in [-0.2, 0) is 6.42 Å². The van der Waals surface area contributed by atoms with E-state index in [4.69, 9.17) is 0 Å². The van der Waals surface area contributed by atoms with E-state index in [-0.39, 0.29) is 5.91 Å². The molecular weight excluding hydrogens is 534 g/mol. The topological polar surface area (TPSA) is 129 Å². The van der Waals surface area contributed by atoms with E-state index < -0.39 is 6.10 Å². The third-order valence-corrected chi connectivity index (χ3v) is 7.22. The Kier molecular flexibility index (Phi) is 8.69. The zero-order valence-electron chi connectivity index (χ0n) is 22.2. The molecule has 9 nitrogen and oxygen atoms in total. The predicted molar refractivity (Wildman–Crippen MR) is 158 cm³/mol. The van der Waals surface area contributed by atoms with Crippen molar-refractivity contribution in [2.75, 3.05) is 17.2 Å². The zero-order valence-corrected chi connectivity index (χ0v) is 23.0. The number of anilines is 2. The summed E-state index contributed by atoms with van der Waals surface area (Å²) in [5.41, 5.74) is 2.71. The summed E-state index contributed by atoms with van der Waals surface area (Å²) in [7, 11) is 0. The Balaban J connectivity index is 1.31. The molecule has 2 aromatic heterocycles. The van der Waals surface area contributed by atoms with Gasteiger partial charge in [0.25, 0.3) is 5.91 Å². The van der Waals surface area contributed by atoms with Crippen LogP contribution in [0, 0.1) is 11.3 Å². The molecule has 1 amide bonds. The van der Waals surface area contributed by atoms with Crippen molar-refractivity contribution < 1.29 is 9.90 Å². The molecule has 0 aliphatic heterocycles. The first-order valence-corrected chi connectivity index (χ1v) is 13.8. The minimum atomic E-state index is -0.522. The summed E-state index contributed by atoms with van der Waals surface area (Å²) in [6, 6.07) is 26.3. The third kappa shape index (κ3) is 6.97. The van der Waals surface area contributed by atoms with E-state index in [1.807, 2.05) is 71.4 Å². The summed E-state index contributed by atoms with van der Waals surface area (Å²) in [6.45, 7) is 2.03. The SMILES string of the molecule is C[C@H](O)CNc1nccc(-n2ccnc2Cc2cccc(NC(=O)c3ccccc3Sc3ccccc3C#N)c2)n1. The molecule has 0 saturated heterocycles.